The molecule has 1 rings (SSSR count). The van der Waals surface area contributed by atoms with Crippen LogP contribution in [0.4, 0.5) is 0 Å². The normalized spacial score (nSPS) is 14.3. The van der Waals surface area contributed by atoms with Crippen molar-refractivity contribution in [3.63, 3.8) is 0 Å². The molecule has 0 fully saturated rings. The summed E-state index contributed by atoms with van der Waals surface area (Å²) in [6.45, 7) is 2.74. The quantitative estimate of drug-likeness (QED) is 0.343. The van der Waals surface area contributed by atoms with Gasteiger partial charge in [0.15, 0.2) is 0 Å². The summed E-state index contributed by atoms with van der Waals surface area (Å²) in [6, 6.07) is 0. The third kappa shape index (κ3) is 11.1. The van der Waals surface area contributed by atoms with Crippen molar-refractivity contribution in [3.05, 3.63) is 12.4 Å². The minimum atomic E-state index is -3.76. The van der Waals surface area contributed by atoms with Crippen LogP contribution in [-0.2, 0) is 19.1 Å². The third-order valence-corrected chi connectivity index (χ3v) is 5.47. The molecule has 0 aromatic heterocycles. The van der Waals surface area contributed by atoms with E-state index < -0.39 is 16.1 Å². The molecule has 0 aromatic rings. The van der Waals surface area contributed by atoms with Gasteiger partial charge in [0.25, 0.3) is 0 Å². The number of hydrogen-bond donors (Lipinski definition) is 0. The Morgan fingerprint density at radius 3 is 2.04 bits per heavy atom. The highest BCUT2D eigenvalue weighted by atomic mass is 32.2. The van der Waals surface area contributed by atoms with Crippen molar-refractivity contribution in [3.8, 4) is 0 Å². The van der Waals surface area contributed by atoms with Crippen molar-refractivity contribution in [2.75, 3.05) is 26.0 Å². The summed E-state index contributed by atoms with van der Waals surface area (Å²) >= 11 is 0. The Morgan fingerprint density at radius 1 is 0.960 bits per heavy atom. The lowest BCUT2D eigenvalue weighted by atomic mass is 10.1. The largest absolute Gasteiger partial charge is 0.362 e. The molecule has 0 saturated heterocycles. The molecule has 0 spiro atoms. The second kappa shape index (κ2) is 12.2. The number of carbonyl (C=O) groups excluding carboxylic acids is 1. The topological polar surface area (TPSA) is 66.9 Å². The van der Waals surface area contributed by atoms with Crippen LogP contribution in [0.3, 0.4) is 0 Å². The molecule has 6 nitrogen and oxygen atoms in total. The summed E-state index contributed by atoms with van der Waals surface area (Å²) in [6.07, 6.45) is 14.9. The summed E-state index contributed by atoms with van der Waals surface area (Å²) in [4.78, 5) is 15.3. The maximum Gasteiger partial charge on any atom is 0.341 e. The van der Waals surface area contributed by atoms with Gasteiger partial charge >= 0.3 is 16.1 Å². The molecule has 25 heavy (non-hydrogen) atoms. The van der Waals surface area contributed by atoms with Gasteiger partial charge in [-0.2, -0.15) is 8.42 Å². The molecule has 7 heteroatoms. The summed E-state index contributed by atoms with van der Waals surface area (Å²) in [5, 5.41) is 0. The first-order valence-electron chi connectivity index (χ1n) is 9.50. The van der Waals surface area contributed by atoms with E-state index >= 15 is 0 Å². The predicted molar refractivity (Wildman–Crippen MR) is 100 cm³/mol. The second-order valence-corrected chi connectivity index (χ2v) is 8.53. The highest BCUT2D eigenvalue weighted by molar-refractivity contribution is 7.87. The van der Waals surface area contributed by atoms with Crippen molar-refractivity contribution in [2.24, 2.45) is 0 Å². The van der Waals surface area contributed by atoms with Gasteiger partial charge in [-0.15, -0.1) is 0 Å². The Bertz CT molecular complexity index is 505. The first-order valence-corrected chi connectivity index (χ1v) is 11.1. The van der Waals surface area contributed by atoms with Crippen LogP contribution >= 0.6 is 0 Å². The predicted octanol–water partition coefficient (Wildman–Crippen LogP) is 3.46. The maximum absolute atomic E-state index is 11.8. The fourth-order valence-electron chi connectivity index (χ4n) is 2.83. The van der Waals surface area contributed by atoms with Crippen molar-refractivity contribution >= 4 is 16.1 Å². The van der Waals surface area contributed by atoms with E-state index in [4.69, 9.17) is 0 Å². The number of hydrogen-bond acceptors (Lipinski definition) is 6. The van der Waals surface area contributed by atoms with E-state index in [9.17, 15) is 13.2 Å². The Morgan fingerprint density at radius 2 is 1.52 bits per heavy atom. The Kier molecular flexibility index (Phi) is 10.6. The van der Waals surface area contributed by atoms with Crippen LogP contribution in [0, 0.1) is 0 Å². The van der Waals surface area contributed by atoms with Crippen LogP contribution in [0.5, 0.6) is 0 Å². The van der Waals surface area contributed by atoms with E-state index in [2.05, 4.69) is 11.1 Å². The van der Waals surface area contributed by atoms with Crippen LogP contribution in [0.1, 0.15) is 71.1 Å². The molecule has 0 bridgehead atoms. The van der Waals surface area contributed by atoms with Crippen LogP contribution in [-0.4, -0.2) is 50.2 Å². The summed E-state index contributed by atoms with van der Waals surface area (Å²) in [7, 11) is -1.88. The molecule has 0 aliphatic carbocycles. The average Bonchev–Trinajstić information content (AvgIpc) is 2.93. The first-order chi connectivity index (χ1) is 11.9. The highest BCUT2D eigenvalue weighted by Gasteiger charge is 2.20. The average molecular weight is 375 g/mol. The highest BCUT2D eigenvalue weighted by Crippen LogP contribution is 2.11. The minimum absolute atomic E-state index is 0.0436. The summed E-state index contributed by atoms with van der Waals surface area (Å²) in [5.41, 5.74) is 0. The van der Waals surface area contributed by atoms with E-state index in [-0.39, 0.29) is 12.3 Å². The monoisotopic (exact) mass is 374 g/mol. The van der Waals surface area contributed by atoms with Gasteiger partial charge in [0.1, 0.15) is 6.54 Å². The standard InChI is InChI=1S/C18H34N2O4S/c1-3-4-5-6-7-8-9-10-11-12-15-25(22,23)24-18(21)16-20-14-13-19(2)17-20/h13-14H,3-12,15-17H2,1-2H3. The molecule has 0 radical (unpaired) electrons. The number of rotatable bonds is 14. The Labute approximate surface area is 153 Å². The minimum Gasteiger partial charge on any atom is -0.362 e. The zero-order valence-corrected chi connectivity index (χ0v) is 16.6. The number of carbonyl (C=O) groups is 1. The molecule has 0 aromatic carbocycles. The molecule has 1 heterocycles. The van der Waals surface area contributed by atoms with E-state index in [0.717, 1.165) is 19.3 Å². The van der Waals surface area contributed by atoms with E-state index in [0.29, 0.717) is 13.1 Å². The van der Waals surface area contributed by atoms with E-state index in [1.54, 1.807) is 11.1 Å². The van der Waals surface area contributed by atoms with Crippen molar-refractivity contribution < 1.29 is 17.4 Å². The van der Waals surface area contributed by atoms with Gasteiger partial charge in [-0.25, -0.2) is 4.79 Å². The van der Waals surface area contributed by atoms with Gasteiger partial charge in [0, 0.05) is 19.4 Å². The fourth-order valence-corrected chi connectivity index (χ4v) is 3.81. The van der Waals surface area contributed by atoms with Gasteiger partial charge in [0.2, 0.25) is 0 Å². The van der Waals surface area contributed by atoms with Gasteiger partial charge in [-0.3, -0.25) is 0 Å². The fraction of sp³-hybridized carbons (Fsp3) is 0.833. The Balaban J connectivity index is 2.03. The Hall–Kier alpha value is -1.24. The molecule has 146 valence electrons. The molecule has 0 N–H and O–H groups in total. The van der Waals surface area contributed by atoms with E-state index in [1.165, 1.54) is 38.5 Å². The zero-order chi connectivity index (χ0) is 18.5. The number of unbranched alkanes of at least 4 members (excludes halogenated alkanes) is 9. The molecule has 0 saturated carbocycles. The maximum atomic E-state index is 11.8. The summed E-state index contributed by atoms with van der Waals surface area (Å²) in [5.74, 6) is -0.794. The molecule has 1 aliphatic rings. The van der Waals surface area contributed by atoms with Gasteiger partial charge in [-0.1, -0.05) is 64.7 Å². The zero-order valence-electron chi connectivity index (χ0n) is 15.8. The lowest BCUT2D eigenvalue weighted by molar-refractivity contribution is -0.134. The third-order valence-electron chi connectivity index (χ3n) is 4.24. The van der Waals surface area contributed by atoms with E-state index in [1.807, 2.05) is 18.1 Å². The smallest absolute Gasteiger partial charge is 0.341 e. The van der Waals surface area contributed by atoms with Crippen LogP contribution in [0.25, 0.3) is 0 Å². The van der Waals surface area contributed by atoms with Crippen molar-refractivity contribution in [1.82, 2.24) is 9.80 Å². The molecular weight excluding hydrogens is 340 g/mol. The molecule has 0 amide bonds. The molecular formula is C18H34N2O4S. The molecule has 0 unspecified atom stereocenters. The van der Waals surface area contributed by atoms with Crippen LogP contribution < -0.4 is 0 Å². The number of nitrogens with zero attached hydrogens (tertiary/aromatic N) is 2. The van der Waals surface area contributed by atoms with Crippen molar-refractivity contribution in [2.45, 2.75) is 71.1 Å². The van der Waals surface area contributed by atoms with Gasteiger partial charge in [0.05, 0.1) is 12.4 Å². The van der Waals surface area contributed by atoms with Crippen LogP contribution in [0.15, 0.2) is 12.4 Å². The second-order valence-electron chi connectivity index (χ2n) is 6.84. The van der Waals surface area contributed by atoms with Crippen LogP contribution in [0.2, 0.25) is 0 Å². The lowest BCUT2D eigenvalue weighted by Gasteiger charge is -2.16. The molecule has 1 aliphatic heterocycles. The SMILES string of the molecule is CCCCCCCCCCCCS(=O)(=O)OC(=O)CN1C=CN(C)C1. The first kappa shape index (κ1) is 21.8. The lowest BCUT2D eigenvalue weighted by Crippen LogP contribution is -2.30. The van der Waals surface area contributed by atoms with Gasteiger partial charge < -0.3 is 14.0 Å². The summed E-state index contributed by atoms with van der Waals surface area (Å²) < 4.78 is 28.3. The molecule has 0 atom stereocenters. The van der Waals surface area contributed by atoms with Gasteiger partial charge in [-0.05, 0) is 6.42 Å². The van der Waals surface area contributed by atoms with Crippen molar-refractivity contribution in [1.29, 1.82) is 0 Å².